The van der Waals surface area contributed by atoms with Crippen molar-refractivity contribution in [3.63, 3.8) is 0 Å². The molecule has 0 N–H and O–H groups in total. The lowest BCUT2D eigenvalue weighted by Gasteiger charge is -2.23. The maximum absolute atomic E-state index is 2.49. The van der Waals surface area contributed by atoms with E-state index in [0.717, 1.165) is 0 Å². The van der Waals surface area contributed by atoms with E-state index < -0.39 is 0 Å². The van der Waals surface area contributed by atoms with E-state index in [9.17, 15) is 0 Å². The van der Waals surface area contributed by atoms with Crippen LogP contribution >= 0.6 is 11.3 Å². The van der Waals surface area contributed by atoms with Crippen LogP contribution in [0.15, 0.2) is 170 Å². The summed E-state index contributed by atoms with van der Waals surface area (Å²) in [5, 5.41) is 7.86. The second kappa shape index (κ2) is 10.8. The summed E-state index contributed by atoms with van der Waals surface area (Å²) < 4.78 is 7.62. The fraction of sp³-hybridized carbons (Fsp3) is 0.0588. The van der Waals surface area contributed by atoms with E-state index in [2.05, 4.69) is 193 Å². The Labute approximate surface area is 316 Å². The van der Waals surface area contributed by atoms with Gasteiger partial charge in [0.15, 0.2) is 0 Å². The summed E-state index contributed by atoms with van der Waals surface area (Å²) in [6, 6.07) is 63.1. The van der Waals surface area contributed by atoms with Crippen molar-refractivity contribution in [2.45, 2.75) is 19.3 Å². The first-order chi connectivity index (χ1) is 26.5. The average Bonchev–Trinajstić information content (AvgIpc) is 3.92. The number of hydrogen-bond donors (Lipinski definition) is 0. The zero-order chi connectivity index (χ0) is 35.7. The van der Waals surface area contributed by atoms with Gasteiger partial charge in [-0.1, -0.05) is 123 Å². The van der Waals surface area contributed by atoms with E-state index in [4.69, 9.17) is 0 Å². The first-order valence-electron chi connectivity index (χ1n) is 18.8. The molecule has 0 saturated heterocycles. The first kappa shape index (κ1) is 30.1. The Balaban J connectivity index is 1.06. The predicted octanol–water partition coefficient (Wildman–Crippen LogP) is 14.2. The Kier molecular flexibility index (Phi) is 6.03. The molecular weight excluding hydrogens is 673 g/mol. The molecule has 1 aliphatic carbocycles. The number of hydrogen-bond acceptors (Lipinski definition) is 1. The molecule has 0 bridgehead atoms. The highest BCUT2D eigenvalue weighted by molar-refractivity contribution is 7.25. The lowest BCUT2D eigenvalue weighted by atomic mass is 9.80. The molecule has 0 saturated carbocycles. The van der Waals surface area contributed by atoms with Crippen LogP contribution < -0.4 is 0 Å². The van der Waals surface area contributed by atoms with Gasteiger partial charge in [-0.05, 0) is 94.0 Å². The highest BCUT2D eigenvalue weighted by atomic mass is 32.1. The van der Waals surface area contributed by atoms with Gasteiger partial charge in [0.25, 0.3) is 0 Å². The fourth-order valence-electron chi connectivity index (χ4n) is 9.68. The number of fused-ring (bicyclic) bond motifs is 13. The number of nitrogens with zero attached hydrogens (tertiary/aromatic N) is 2. The lowest BCUT2D eigenvalue weighted by molar-refractivity contribution is 0.666. The molecular formula is C51H34N2S. The summed E-state index contributed by atoms with van der Waals surface area (Å²) >= 11 is 1.91. The quantitative estimate of drug-likeness (QED) is 0.173. The average molecular weight is 707 g/mol. The van der Waals surface area contributed by atoms with Gasteiger partial charge >= 0.3 is 0 Å². The van der Waals surface area contributed by atoms with Crippen molar-refractivity contribution in [3.8, 4) is 33.6 Å². The smallest absolute Gasteiger partial charge is 0.0547 e. The summed E-state index contributed by atoms with van der Waals surface area (Å²) in [6.45, 7) is 4.84. The van der Waals surface area contributed by atoms with E-state index in [1.54, 1.807) is 0 Å². The number of thiophene rings is 1. The minimum absolute atomic E-state index is 0.152. The molecule has 2 nitrogen and oxygen atoms in total. The van der Waals surface area contributed by atoms with Crippen molar-refractivity contribution in [2.75, 3.05) is 0 Å². The van der Waals surface area contributed by atoms with Crippen LogP contribution in [0.5, 0.6) is 0 Å². The zero-order valence-corrected chi connectivity index (χ0v) is 30.8. The third-order valence-corrected chi connectivity index (χ3v) is 13.2. The maximum atomic E-state index is 2.49. The normalized spacial score (nSPS) is 13.5. The number of para-hydroxylation sites is 3. The molecule has 8 aromatic carbocycles. The molecule has 0 aliphatic heterocycles. The molecule has 0 atom stereocenters. The van der Waals surface area contributed by atoms with E-state index in [0.29, 0.717) is 0 Å². The SMILES string of the molecule is CC1(C)c2cc(-n3c4ccccc4c4ccc(-c5ccc6c7ccccc7n(-c7ccccc7)c6c5)cc43)ccc2-c2ccc3sc4ccccc4c3c21. The Hall–Kier alpha value is -6.42. The molecule has 1 aliphatic rings. The molecule has 3 heteroatoms. The summed E-state index contributed by atoms with van der Waals surface area (Å²) in [4.78, 5) is 0. The standard InChI is InChI=1S/C51H34N2S/c1-51(2)42-30-34(22-25-35(42)40-26-27-48-49(50(40)51)41-16-8-11-19-47(41)54-48)53-44-18-10-7-15-37(44)39-24-21-32(29-46(39)53)31-20-23-38-36-14-6-9-17-43(36)52(45(38)28-31)33-12-4-3-5-13-33/h3-30H,1-2H3. The van der Waals surface area contributed by atoms with Crippen molar-refractivity contribution in [1.82, 2.24) is 9.13 Å². The molecule has 0 fully saturated rings. The van der Waals surface area contributed by atoms with Crippen LogP contribution in [0, 0.1) is 0 Å². The Bertz CT molecular complexity index is 3350. The van der Waals surface area contributed by atoms with E-state index in [1.165, 1.54) is 109 Å². The second-order valence-electron chi connectivity index (χ2n) is 15.3. The van der Waals surface area contributed by atoms with Crippen molar-refractivity contribution < 1.29 is 0 Å². The van der Waals surface area contributed by atoms with E-state index in [-0.39, 0.29) is 5.41 Å². The highest BCUT2D eigenvalue weighted by Crippen LogP contribution is 2.54. The minimum Gasteiger partial charge on any atom is -0.309 e. The van der Waals surface area contributed by atoms with Gasteiger partial charge in [0.05, 0.1) is 22.1 Å². The summed E-state index contributed by atoms with van der Waals surface area (Å²) in [5.74, 6) is 0. The first-order valence-corrected chi connectivity index (χ1v) is 19.6. The molecule has 0 unspecified atom stereocenters. The number of benzene rings is 8. The Morgan fingerprint density at radius 1 is 0.407 bits per heavy atom. The molecule has 11 aromatic rings. The number of rotatable bonds is 3. The van der Waals surface area contributed by atoms with Gasteiger partial charge in [0, 0.05) is 58.5 Å². The molecule has 3 heterocycles. The van der Waals surface area contributed by atoms with Gasteiger partial charge in [0.2, 0.25) is 0 Å². The molecule has 54 heavy (non-hydrogen) atoms. The number of aromatic nitrogens is 2. The second-order valence-corrected chi connectivity index (χ2v) is 16.4. The van der Waals surface area contributed by atoms with E-state index >= 15 is 0 Å². The highest BCUT2D eigenvalue weighted by Gasteiger charge is 2.38. The van der Waals surface area contributed by atoms with Crippen LogP contribution in [-0.2, 0) is 5.41 Å². The molecule has 12 rings (SSSR count). The van der Waals surface area contributed by atoms with E-state index in [1.807, 2.05) is 11.3 Å². The minimum atomic E-state index is -0.152. The molecule has 254 valence electrons. The van der Waals surface area contributed by atoms with Crippen LogP contribution in [0.25, 0.3) is 97.4 Å². The van der Waals surface area contributed by atoms with Gasteiger partial charge < -0.3 is 9.13 Å². The Morgan fingerprint density at radius 2 is 0.963 bits per heavy atom. The van der Waals surface area contributed by atoms with Gasteiger partial charge in [-0.3, -0.25) is 0 Å². The predicted molar refractivity (Wildman–Crippen MR) is 231 cm³/mol. The van der Waals surface area contributed by atoms with Crippen LogP contribution in [-0.4, -0.2) is 9.13 Å². The van der Waals surface area contributed by atoms with Crippen LogP contribution in [0.3, 0.4) is 0 Å². The van der Waals surface area contributed by atoms with Crippen molar-refractivity contribution in [3.05, 3.63) is 181 Å². The maximum Gasteiger partial charge on any atom is 0.0547 e. The van der Waals surface area contributed by atoms with Gasteiger partial charge in [-0.15, -0.1) is 11.3 Å². The molecule has 0 radical (unpaired) electrons. The Morgan fingerprint density at radius 3 is 1.65 bits per heavy atom. The van der Waals surface area contributed by atoms with Crippen LogP contribution in [0.4, 0.5) is 0 Å². The monoisotopic (exact) mass is 706 g/mol. The topological polar surface area (TPSA) is 9.86 Å². The summed E-state index contributed by atoms with van der Waals surface area (Å²) in [7, 11) is 0. The third kappa shape index (κ3) is 4.00. The summed E-state index contributed by atoms with van der Waals surface area (Å²) in [5.41, 5.74) is 15.1. The van der Waals surface area contributed by atoms with Gasteiger partial charge in [-0.25, -0.2) is 0 Å². The zero-order valence-electron chi connectivity index (χ0n) is 30.0. The molecule has 3 aromatic heterocycles. The van der Waals surface area contributed by atoms with Gasteiger partial charge in [-0.2, -0.15) is 0 Å². The summed E-state index contributed by atoms with van der Waals surface area (Å²) in [6.07, 6.45) is 0. The van der Waals surface area contributed by atoms with Crippen LogP contribution in [0.2, 0.25) is 0 Å². The lowest BCUT2D eigenvalue weighted by Crippen LogP contribution is -2.15. The van der Waals surface area contributed by atoms with Crippen molar-refractivity contribution >= 4 is 75.1 Å². The van der Waals surface area contributed by atoms with Crippen LogP contribution in [0.1, 0.15) is 25.0 Å². The third-order valence-electron chi connectivity index (χ3n) is 12.1. The fourth-order valence-corrected chi connectivity index (χ4v) is 10.8. The van der Waals surface area contributed by atoms with Gasteiger partial charge in [0.1, 0.15) is 0 Å². The van der Waals surface area contributed by atoms with Crippen molar-refractivity contribution in [1.29, 1.82) is 0 Å². The molecule has 0 amide bonds. The largest absolute Gasteiger partial charge is 0.309 e. The molecule has 0 spiro atoms. The van der Waals surface area contributed by atoms with Crippen molar-refractivity contribution in [2.24, 2.45) is 0 Å².